The first-order chi connectivity index (χ1) is 14.9. The Labute approximate surface area is 180 Å². The number of hydrogen-bond donors (Lipinski definition) is 1. The number of methoxy groups -OCH3 is 1. The van der Waals surface area contributed by atoms with Gasteiger partial charge in [0.1, 0.15) is 16.5 Å². The predicted octanol–water partition coefficient (Wildman–Crippen LogP) is 1.51. The van der Waals surface area contributed by atoms with Gasteiger partial charge >= 0.3 is 0 Å². The highest BCUT2D eigenvalue weighted by atomic mass is 32.2. The number of ether oxygens (including phenoxy) is 2. The Bertz CT molecular complexity index is 1130. The zero-order chi connectivity index (χ0) is 22.2. The van der Waals surface area contributed by atoms with E-state index in [-0.39, 0.29) is 54.2 Å². The molecule has 1 saturated heterocycles. The number of carbonyl (C=O) groups is 2. The number of aromatic nitrogens is 2. The maximum Gasteiger partial charge on any atom is 0.249 e. The summed E-state index contributed by atoms with van der Waals surface area (Å²) < 4.78 is 39.9. The number of morpholine rings is 1. The van der Waals surface area contributed by atoms with Crippen LogP contribution in [0.4, 0.5) is 5.82 Å². The molecule has 166 valence electrons. The van der Waals surface area contributed by atoms with Crippen LogP contribution in [0.3, 0.4) is 0 Å². The quantitative estimate of drug-likeness (QED) is 0.736. The largest absolute Gasteiger partial charge is 0.495 e. The smallest absolute Gasteiger partial charge is 0.249 e. The van der Waals surface area contributed by atoms with Gasteiger partial charge in [0.15, 0.2) is 0 Å². The molecule has 1 aromatic carbocycles. The van der Waals surface area contributed by atoms with E-state index >= 15 is 0 Å². The third kappa shape index (κ3) is 3.84. The van der Waals surface area contributed by atoms with Crippen molar-refractivity contribution in [1.29, 1.82) is 0 Å². The number of fused-ring (bicyclic) bond motifs is 1. The van der Waals surface area contributed by atoms with Gasteiger partial charge in [-0.25, -0.2) is 8.42 Å². The van der Waals surface area contributed by atoms with Gasteiger partial charge in [0.05, 0.1) is 26.0 Å². The van der Waals surface area contributed by atoms with Crippen molar-refractivity contribution in [3.05, 3.63) is 23.9 Å². The molecule has 3 heterocycles. The monoisotopic (exact) mass is 448 g/mol. The standard InChI is InChI=1S/C20H24N4O6S/c1-3-14-19(20-21-17(25)6-7-18(26)24(20)22-14)13-4-5-15(29-2)16(12-13)31(27,28)23-8-10-30-11-9-23/h4-5,12H,3,6-11H2,1-2H3,(H,21,25). The number of amides is 1. The number of benzene rings is 1. The lowest BCUT2D eigenvalue weighted by molar-refractivity contribution is -0.116. The van der Waals surface area contributed by atoms with E-state index in [0.29, 0.717) is 36.5 Å². The Morgan fingerprint density at radius 1 is 1.19 bits per heavy atom. The summed E-state index contributed by atoms with van der Waals surface area (Å²) in [6.45, 7) is 3.04. The van der Waals surface area contributed by atoms with Crippen LogP contribution in [-0.2, 0) is 26.0 Å². The van der Waals surface area contributed by atoms with Crippen molar-refractivity contribution in [2.24, 2.45) is 0 Å². The highest BCUT2D eigenvalue weighted by molar-refractivity contribution is 7.89. The predicted molar refractivity (Wildman–Crippen MR) is 112 cm³/mol. The first-order valence-corrected chi connectivity index (χ1v) is 11.5. The Morgan fingerprint density at radius 2 is 1.94 bits per heavy atom. The fraction of sp³-hybridized carbons (Fsp3) is 0.450. The van der Waals surface area contributed by atoms with E-state index in [4.69, 9.17) is 9.47 Å². The van der Waals surface area contributed by atoms with Gasteiger partial charge in [-0.1, -0.05) is 13.0 Å². The molecule has 0 bridgehead atoms. The summed E-state index contributed by atoms with van der Waals surface area (Å²) >= 11 is 0. The number of hydrogen-bond acceptors (Lipinski definition) is 7. The summed E-state index contributed by atoms with van der Waals surface area (Å²) in [4.78, 5) is 24.7. The van der Waals surface area contributed by atoms with Gasteiger partial charge in [-0.2, -0.15) is 14.1 Å². The normalized spacial score (nSPS) is 17.7. The minimum atomic E-state index is -3.84. The molecular formula is C20H24N4O6S. The molecule has 0 atom stereocenters. The average Bonchev–Trinajstić information content (AvgIpc) is 3.09. The van der Waals surface area contributed by atoms with E-state index in [2.05, 4.69) is 10.4 Å². The summed E-state index contributed by atoms with van der Waals surface area (Å²) in [5.74, 6) is -0.0922. The molecule has 1 fully saturated rings. The van der Waals surface area contributed by atoms with Crippen LogP contribution in [0.25, 0.3) is 11.1 Å². The topological polar surface area (TPSA) is 120 Å². The van der Waals surface area contributed by atoms with Gasteiger partial charge in [-0.3, -0.25) is 9.59 Å². The van der Waals surface area contributed by atoms with Crippen molar-refractivity contribution in [1.82, 2.24) is 14.1 Å². The lowest BCUT2D eigenvalue weighted by atomic mass is 10.0. The van der Waals surface area contributed by atoms with Crippen molar-refractivity contribution >= 4 is 27.7 Å². The lowest BCUT2D eigenvalue weighted by Gasteiger charge is -2.27. The van der Waals surface area contributed by atoms with Crippen LogP contribution in [0, 0.1) is 0 Å². The molecule has 1 aromatic heterocycles. The van der Waals surface area contributed by atoms with E-state index in [1.807, 2.05) is 6.92 Å². The molecule has 1 N–H and O–H groups in total. The van der Waals surface area contributed by atoms with Crippen molar-refractivity contribution in [2.75, 3.05) is 38.7 Å². The molecule has 10 nitrogen and oxygen atoms in total. The van der Waals surface area contributed by atoms with Crippen molar-refractivity contribution in [3.63, 3.8) is 0 Å². The lowest BCUT2D eigenvalue weighted by Crippen LogP contribution is -2.40. The molecule has 0 aliphatic carbocycles. The van der Waals surface area contributed by atoms with E-state index < -0.39 is 10.0 Å². The maximum absolute atomic E-state index is 13.3. The summed E-state index contributed by atoms with van der Waals surface area (Å²) in [5, 5.41) is 7.15. The van der Waals surface area contributed by atoms with E-state index in [0.717, 1.165) is 0 Å². The molecule has 4 rings (SSSR count). The fourth-order valence-corrected chi connectivity index (χ4v) is 5.38. The third-order valence-corrected chi connectivity index (χ3v) is 7.31. The second-order valence-electron chi connectivity index (χ2n) is 7.26. The van der Waals surface area contributed by atoms with Gasteiger partial charge in [0, 0.05) is 31.5 Å². The van der Waals surface area contributed by atoms with E-state index in [9.17, 15) is 18.0 Å². The van der Waals surface area contributed by atoms with Crippen LogP contribution in [0.1, 0.15) is 30.3 Å². The minimum Gasteiger partial charge on any atom is -0.495 e. The molecule has 0 radical (unpaired) electrons. The number of nitrogens with zero attached hydrogens (tertiary/aromatic N) is 3. The van der Waals surface area contributed by atoms with Gasteiger partial charge in [-0.15, -0.1) is 0 Å². The van der Waals surface area contributed by atoms with Crippen LogP contribution in [0.5, 0.6) is 5.75 Å². The first kappa shape index (κ1) is 21.5. The molecule has 0 unspecified atom stereocenters. The molecule has 2 aliphatic heterocycles. The number of nitrogens with one attached hydrogen (secondary N) is 1. The van der Waals surface area contributed by atoms with Gasteiger partial charge in [0.25, 0.3) is 0 Å². The SMILES string of the molecule is CCc1nn2c(c1-c1ccc(OC)c(S(=O)(=O)N3CCOCC3)c1)NC(=O)CCC2=O. The van der Waals surface area contributed by atoms with Crippen LogP contribution < -0.4 is 10.1 Å². The molecule has 0 spiro atoms. The zero-order valence-corrected chi connectivity index (χ0v) is 18.2. The fourth-order valence-electron chi connectivity index (χ4n) is 3.79. The maximum atomic E-state index is 13.3. The molecule has 2 aromatic rings. The van der Waals surface area contributed by atoms with E-state index in [1.165, 1.54) is 22.2 Å². The number of aryl methyl sites for hydroxylation is 1. The average molecular weight is 449 g/mol. The Balaban J connectivity index is 1.88. The highest BCUT2D eigenvalue weighted by Crippen LogP contribution is 2.38. The summed E-state index contributed by atoms with van der Waals surface area (Å²) in [5.41, 5.74) is 1.65. The van der Waals surface area contributed by atoms with Crippen LogP contribution in [0.15, 0.2) is 23.1 Å². The molecular weight excluding hydrogens is 424 g/mol. The molecule has 1 amide bonds. The molecule has 11 heteroatoms. The summed E-state index contributed by atoms with van der Waals surface area (Å²) in [6, 6.07) is 4.80. The van der Waals surface area contributed by atoms with Crippen LogP contribution >= 0.6 is 0 Å². The Kier molecular flexibility index (Phi) is 5.82. The van der Waals surface area contributed by atoms with Crippen molar-refractivity contribution < 1.29 is 27.5 Å². The summed E-state index contributed by atoms with van der Waals surface area (Å²) in [7, 11) is -2.43. The van der Waals surface area contributed by atoms with Crippen molar-refractivity contribution in [2.45, 2.75) is 31.1 Å². The molecule has 31 heavy (non-hydrogen) atoms. The minimum absolute atomic E-state index is 0.0164. The highest BCUT2D eigenvalue weighted by Gasteiger charge is 2.32. The number of sulfonamides is 1. The van der Waals surface area contributed by atoms with E-state index in [1.54, 1.807) is 12.1 Å². The van der Waals surface area contributed by atoms with Gasteiger partial charge in [-0.05, 0) is 24.1 Å². The van der Waals surface area contributed by atoms with Crippen molar-refractivity contribution in [3.8, 4) is 16.9 Å². The Morgan fingerprint density at radius 3 is 2.61 bits per heavy atom. The molecule has 0 saturated carbocycles. The Hall–Kier alpha value is -2.76. The first-order valence-electron chi connectivity index (χ1n) is 10.1. The summed E-state index contributed by atoms with van der Waals surface area (Å²) in [6.07, 6.45) is 0.626. The number of anilines is 1. The third-order valence-electron chi connectivity index (χ3n) is 5.39. The van der Waals surface area contributed by atoms with Gasteiger partial charge < -0.3 is 14.8 Å². The second kappa shape index (κ2) is 8.40. The van der Waals surface area contributed by atoms with Crippen LogP contribution in [0.2, 0.25) is 0 Å². The van der Waals surface area contributed by atoms with Gasteiger partial charge in [0.2, 0.25) is 21.8 Å². The zero-order valence-electron chi connectivity index (χ0n) is 17.4. The number of carbonyl (C=O) groups excluding carboxylic acids is 2. The second-order valence-corrected chi connectivity index (χ2v) is 9.17. The number of rotatable bonds is 5. The van der Waals surface area contributed by atoms with Crippen LogP contribution in [-0.4, -0.2) is 67.7 Å². The molecule has 2 aliphatic rings.